The summed E-state index contributed by atoms with van der Waals surface area (Å²) in [4.78, 5) is 7.74. The fraction of sp³-hybridized carbons (Fsp3) is 0.278. The molecule has 1 aromatic carbocycles. The fourth-order valence-corrected chi connectivity index (χ4v) is 2.67. The van der Waals surface area contributed by atoms with Gasteiger partial charge in [-0.2, -0.15) is 0 Å². The highest BCUT2D eigenvalue weighted by Gasteiger charge is 2.07. The first-order valence-electron chi connectivity index (χ1n) is 7.53. The lowest BCUT2D eigenvalue weighted by molar-refractivity contribution is 0.475. The Labute approximate surface area is 124 Å². The minimum absolute atomic E-state index is 0.282. The lowest BCUT2D eigenvalue weighted by Gasteiger charge is -2.04. The van der Waals surface area contributed by atoms with Crippen molar-refractivity contribution in [2.45, 2.75) is 32.6 Å². The van der Waals surface area contributed by atoms with Crippen LogP contribution in [0.15, 0.2) is 42.7 Å². The molecule has 0 saturated carbocycles. The number of rotatable bonds is 5. The Hall–Kier alpha value is -2.29. The van der Waals surface area contributed by atoms with Crippen molar-refractivity contribution in [2.75, 3.05) is 0 Å². The van der Waals surface area contributed by atoms with Gasteiger partial charge in [0.1, 0.15) is 11.4 Å². The molecule has 0 amide bonds. The summed E-state index contributed by atoms with van der Waals surface area (Å²) in [5.74, 6) is 0.282. The monoisotopic (exact) mass is 280 g/mol. The Morgan fingerprint density at radius 2 is 2.05 bits per heavy atom. The van der Waals surface area contributed by atoms with Crippen molar-refractivity contribution in [3.8, 4) is 16.9 Å². The number of unbranched alkanes of at least 4 members (excludes halogenated alkanes) is 2. The number of aromatic nitrogens is 2. The summed E-state index contributed by atoms with van der Waals surface area (Å²) >= 11 is 0. The topological polar surface area (TPSA) is 48.9 Å². The average Bonchev–Trinajstić information content (AvgIpc) is 2.90. The van der Waals surface area contributed by atoms with Gasteiger partial charge in [0.05, 0.1) is 0 Å². The number of phenolic OH excluding ortho intramolecular Hbond substituents is 1. The predicted molar refractivity (Wildman–Crippen MR) is 86.4 cm³/mol. The number of fused-ring (bicyclic) bond motifs is 1. The third-order valence-electron chi connectivity index (χ3n) is 3.85. The first-order chi connectivity index (χ1) is 10.3. The van der Waals surface area contributed by atoms with Gasteiger partial charge in [-0.25, -0.2) is 4.98 Å². The first-order valence-corrected chi connectivity index (χ1v) is 7.53. The molecule has 3 aromatic rings. The second kappa shape index (κ2) is 6.00. The number of hydrogen-bond donors (Lipinski definition) is 2. The Kier molecular flexibility index (Phi) is 3.91. The van der Waals surface area contributed by atoms with Crippen molar-refractivity contribution in [3.63, 3.8) is 0 Å². The summed E-state index contributed by atoms with van der Waals surface area (Å²) in [6.45, 7) is 2.22. The molecule has 2 aromatic heterocycles. The van der Waals surface area contributed by atoms with Crippen LogP contribution in [0.4, 0.5) is 0 Å². The molecule has 3 rings (SSSR count). The summed E-state index contributed by atoms with van der Waals surface area (Å²) in [5.41, 5.74) is 4.29. The maximum atomic E-state index is 9.62. The number of hydrogen-bond acceptors (Lipinski definition) is 2. The van der Waals surface area contributed by atoms with Crippen molar-refractivity contribution in [2.24, 2.45) is 0 Å². The Morgan fingerprint density at radius 3 is 2.86 bits per heavy atom. The van der Waals surface area contributed by atoms with Gasteiger partial charge in [0.25, 0.3) is 0 Å². The highest BCUT2D eigenvalue weighted by molar-refractivity contribution is 5.84. The molecule has 0 spiro atoms. The van der Waals surface area contributed by atoms with E-state index in [2.05, 4.69) is 29.2 Å². The van der Waals surface area contributed by atoms with Crippen molar-refractivity contribution < 1.29 is 5.11 Å². The normalized spacial score (nSPS) is 11.1. The van der Waals surface area contributed by atoms with Crippen molar-refractivity contribution in [3.05, 3.63) is 48.3 Å². The minimum Gasteiger partial charge on any atom is -0.508 e. The number of H-pyrrole nitrogens is 1. The van der Waals surface area contributed by atoms with E-state index in [1.165, 1.54) is 30.2 Å². The van der Waals surface area contributed by atoms with Crippen LogP contribution in [0.5, 0.6) is 5.75 Å². The predicted octanol–water partition coefficient (Wildman–Crippen LogP) is 4.67. The molecule has 0 aliphatic carbocycles. The molecule has 2 heterocycles. The zero-order chi connectivity index (χ0) is 14.7. The van der Waals surface area contributed by atoms with Crippen LogP contribution < -0.4 is 0 Å². The van der Waals surface area contributed by atoms with Crippen LogP contribution in [0, 0.1) is 0 Å². The van der Waals surface area contributed by atoms with Crippen molar-refractivity contribution >= 4 is 11.0 Å². The molecule has 0 atom stereocenters. The minimum atomic E-state index is 0.282. The fourth-order valence-electron chi connectivity index (χ4n) is 2.67. The van der Waals surface area contributed by atoms with Crippen molar-refractivity contribution in [1.82, 2.24) is 9.97 Å². The van der Waals surface area contributed by atoms with Crippen LogP contribution in [0.3, 0.4) is 0 Å². The molecule has 2 N–H and O–H groups in total. The Bertz CT molecular complexity index is 746. The molecular weight excluding hydrogens is 260 g/mol. The molecule has 0 aliphatic heterocycles. The Balaban J connectivity index is 1.96. The number of nitrogens with one attached hydrogen (secondary N) is 1. The van der Waals surface area contributed by atoms with Crippen LogP contribution in [-0.4, -0.2) is 15.1 Å². The Morgan fingerprint density at radius 1 is 1.14 bits per heavy atom. The lowest BCUT2D eigenvalue weighted by Crippen LogP contribution is -1.85. The number of benzene rings is 1. The van der Waals surface area contributed by atoms with Crippen LogP contribution in [-0.2, 0) is 6.42 Å². The highest BCUT2D eigenvalue weighted by Crippen LogP contribution is 2.27. The SMILES string of the molecule is CCCCCc1c[nH]c2ncc(-c3cccc(O)c3)cc12. The van der Waals surface area contributed by atoms with E-state index in [1.807, 2.05) is 18.3 Å². The largest absolute Gasteiger partial charge is 0.508 e. The van der Waals surface area contributed by atoms with Crippen LogP contribution in [0.2, 0.25) is 0 Å². The van der Waals surface area contributed by atoms with Gasteiger partial charge >= 0.3 is 0 Å². The molecule has 21 heavy (non-hydrogen) atoms. The smallest absolute Gasteiger partial charge is 0.137 e. The number of phenols is 1. The van der Waals surface area contributed by atoms with E-state index >= 15 is 0 Å². The summed E-state index contributed by atoms with van der Waals surface area (Å²) in [6, 6.07) is 9.46. The lowest BCUT2D eigenvalue weighted by atomic mass is 10.0. The summed E-state index contributed by atoms with van der Waals surface area (Å²) < 4.78 is 0. The maximum Gasteiger partial charge on any atom is 0.137 e. The summed E-state index contributed by atoms with van der Waals surface area (Å²) in [5, 5.41) is 10.8. The van der Waals surface area contributed by atoms with Crippen molar-refractivity contribution in [1.29, 1.82) is 0 Å². The van der Waals surface area contributed by atoms with Crippen LogP contribution in [0.25, 0.3) is 22.2 Å². The highest BCUT2D eigenvalue weighted by atomic mass is 16.3. The van der Waals surface area contributed by atoms with Gasteiger partial charge in [-0.1, -0.05) is 31.9 Å². The molecule has 0 aliphatic rings. The van der Waals surface area contributed by atoms with E-state index in [9.17, 15) is 5.11 Å². The van der Waals surface area contributed by atoms with Crippen LogP contribution in [0.1, 0.15) is 31.7 Å². The van der Waals surface area contributed by atoms with Gasteiger partial charge in [0.15, 0.2) is 0 Å². The zero-order valence-corrected chi connectivity index (χ0v) is 12.3. The molecule has 0 fully saturated rings. The molecule has 0 radical (unpaired) electrons. The molecule has 3 nitrogen and oxygen atoms in total. The van der Waals surface area contributed by atoms with E-state index in [0.29, 0.717) is 0 Å². The molecule has 0 bridgehead atoms. The molecule has 108 valence electrons. The number of nitrogens with zero attached hydrogens (tertiary/aromatic N) is 1. The molecule has 0 saturated heterocycles. The quantitative estimate of drug-likeness (QED) is 0.667. The standard InChI is InChI=1S/C18H20N2O/c1-2-3-4-6-14-11-19-18-17(14)10-15(12-20-18)13-7-5-8-16(21)9-13/h5,7-12,21H,2-4,6H2,1H3,(H,19,20). The van der Waals surface area contributed by atoms with E-state index in [4.69, 9.17) is 0 Å². The van der Waals surface area contributed by atoms with Crippen LogP contribution >= 0.6 is 0 Å². The molecule has 3 heteroatoms. The molecule has 0 unspecified atom stereocenters. The number of aromatic amines is 1. The van der Waals surface area contributed by atoms with E-state index < -0.39 is 0 Å². The van der Waals surface area contributed by atoms with Gasteiger partial charge in [0.2, 0.25) is 0 Å². The second-order valence-electron chi connectivity index (χ2n) is 5.44. The van der Waals surface area contributed by atoms with Gasteiger partial charge < -0.3 is 10.1 Å². The van der Waals surface area contributed by atoms with Gasteiger partial charge in [0, 0.05) is 23.3 Å². The van der Waals surface area contributed by atoms with E-state index in [-0.39, 0.29) is 5.75 Å². The summed E-state index contributed by atoms with van der Waals surface area (Å²) in [7, 11) is 0. The van der Waals surface area contributed by atoms with E-state index in [0.717, 1.165) is 23.2 Å². The average molecular weight is 280 g/mol. The second-order valence-corrected chi connectivity index (χ2v) is 5.44. The summed E-state index contributed by atoms with van der Waals surface area (Å²) in [6.07, 6.45) is 8.70. The third-order valence-corrected chi connectivity index (χ3v) is 3.85. The number of aromatic hydroxyl groups is 1. The maximum absolute atomic E-state index is 9.62. The number of pyridine rings is 1. The molecular formula is C18H20N2O. The zero-order valence-electron chi connectivity index (χ0n) is 12.3. The van der Waals surface area contributed by atoms with Gasteiger partial charge in [-0.05, 0) is 42.2 Å². The van der Waals surface area contributed by atoms with E-state index in [1.54, 1.807) is 12.1 Å². The third kappa shape index (κ3) is 2.92. The number of aryl methyl sites for hydroxylation is 1. The first kappa shape index (κ1) is 13.7. The van der Waals surface area contributed by atoms with Gasteiger partial charge in [-0.3, -0.25) is 0 Å². The van der Waals surface area contributed by atoms with Gasteiger partial charge in [-0.15, -0.1) is 0 Å².